The van der Waals surface area contributed by atoms with Crippen LogP contribution in [0.2, 0.25) is 0 Å². The molecule has 0 radical (unpaired) electrons. The summed E-state index contributed by atoms with van der Waals surface area (Å²) >= 11 is 1.58. The lowest BCUT2D eigenvalue weighted by molar-refractivity contribution is 0.0695. The third kappa shape index (κ3) is 1.68. The van der Waals surface area contributed by atoms with Crippen LogP contribution < -0.4 is 0 Å². The topological polar surface area (TPSA) is 67.5 Å². The van der Waals surface area contributed by atoms with E-state index in [0.717, 1.165) is 10.6 Å². The molecule has 3 heterocycles. The highest BCUT2D eigenvalue weighted by atomic mass is 32.1. The maximum absolute atomic E-state index is 10.8. The Morgan fingerprint density at radius 2 is 2.35 bits per heavy atom. The number of rotatable bonds is 2. The highest BCUT2D eigenvalue weighted by Crippen LogP contribution is 2.23. The predicted octanol–water partition coefficient (Wildman–Crippen LogP) is 2.16. The summed E-state index contributed by atoms with van der Waals surface area (Å²) in [6, 6.07) is 5.74. The van der Waals surface area contributed by atoms with Gasteiger partial charge in [-0.25, -0.2) is 14.3 Å². The Balaban J connectivity index is 2.16. The number of fused-ring (bicyclic) bond motifs is 1. The molecule has 0 fully saturated rings. The molecule has 0 spiro atoms. The summed E-state index contributed by atoms with van der Waals surface area (Å²) in [5.74, 6) is -1.01. The van der Waals surface area contributed by atoms with Gasteiger partial charge in [0.05, 0.1) is 10.4 Å². The van der Waals surface area contributed by atoms with Crippen LogP contribution in [-0.4, -0.2) is 25.7 Å². The van der Waals surface area contributed by atoms with E-state index in [1.165, 1.54) is 16.9 Å². The van der Waals surface area contributed by atoms with Gasteiger partial charge in [-0.05, 0) is 11.4 Å². The first-order valence-electron chi connectivity index (χ1n) is 4.86. The molecule has 5 nitrogen and oxygen atoms in total. The van der Waals surface area contributed by atoms with Crippen molar-refractivity contribution in [1.29, 1.82) is 0 Å². The fourth-order valence-electron chi connectivity index (χ4n) is 1.53. The molecule has 17 heavy (non-hydrogen) atoms. The minimum absolute atomic E-state index is 0.123. The van der Waals surface area contributed by atoms with Crippen LogP contribution >= 0.6 is 11.3 Å². The number of hydrogen-bond acceptors (Lipinski definition) is 4. The molecule has 3 rings (SSSR count). The van der Waals surface area contributed by atoms with E-state index in [1.54, 1.807) is 11.3 Å². The Hall–Kier alpha value is -2.21. The summed E-state index contributed by atoms with van der Waals surface area (Å²) in [7, 11) is 0. The number of carbonyl (C=O) groups is 1. The molecule has 0 aliphatic heterocycles. The van der Waals surface area contributed by atoms with Gasteiger partial charge in [0, 0.05) is 18.5 Å². The van der Waals surface area contributed by atoms with Crippen molar-refractivity contribution in [2.24, 2.45) is 0 Å². The molecule has 0 aliphatic rings. The van der Waals surface area contributed by atoms with E-state index in [9.17, 15) is 4.79 Å². The number of thiophene rings is 1. The second kappa shape index (κ2) is 3.67. The van der Waals surface area contributed by atoms with Crippen molar-refractivity contribution in [2.45, 2.75) is 0 Å². The lowest BCUT2D eigenvalue weighted by Crippen LogP contribution is -2.00. The fourth-order valence-corrected chi connectivity index (χ4v) is 2.21. The molecular formula is C11H7N3O2S. The Morgan fingerprint density at radius 3 is 3.06 bits per heavy atom. The van der Waals surface area contributed by atoms with Gasteiger partial charge in [-0.1, -0.05) is 6.07 Å². The van der Waals surface area contributed by atoms with Gasteiger partial charge in [-0.15, -0.1) is 11.3 Å². The molecule has 84 valence electrons. The van der Waals surface area contributed by atoms with Gasteiger partial charge in [0.1, 0.15) is 5.69 Å². The summed E-state index contributed by atoms with van der Waals surface area (Å²) in [6.07, 6.45) is 2.79. The van der Waals surface area contributed by atoms with Crippen LogP contribution in [0.15, 0.2) is 36.0 Å². The van der Waals surface area contributed by atoms with Crippen molar-refractivity contribution in [3.8, 4) is 10.6 Å². The van der Waals surface area contributed by atoms with Crippen molar-refractivity contribution in [2.75, 3.05) is 0 Å². The van der Waals surface area contributed by atoms with Gasteiger partial charge in [0.15, 0.2) is 5.65 Å². The molecular weight excluding hydrogens is 238 g/mol. The van der Waals surface area contributed by atoms with Gasteiger partial charge < -0.3 is 5.11 Å². The number of carboxylic acids is 1. The first-order valence-corrected chi connectivity index (χ1v) is 5.74. The molecule has 0 amide bonds. The normalized spacial score (nSPS) is 10.8. The van der Waals surface area contributed by atoms with E-state index in [-0.39, 0.29) is 5.56 Å². The van der Waals surface area contributed by atoms with Crippen LogP contribution in [0.4, 0.5) is 0 Å². The molecule has 0 aromatic carbocycles. The number of hydrogen-bond donors (Lipinski definition) is 1. The number of aromatic nitrogens is 3. The zero-order valence-electron chi connectivity index (χ0n) is 8.57. The molecule has 3 aromatic heterocycles. The summed E-state index contributed by atoms with van der Waals surface area (Å²) in [4.78, 5) is 15.9. The molecule has 0 bridgehead atoms. The maximum atomic E-state index is 10.8. The first kappa shape index (κ1) is 9.98. The zero-order chi connectivity index (χ0) is 11.8. The van der Waals surface area contributed by atoms with E-state index < -0.39 is 5.97 Å². The van der Waals surface area contributed by atoms with Crippen molar-refractivity contribution in [3.05, 3.63) is 41.5 Å². The minimum Gasteiger partial charge on any atom is -0.478 e. The van der Waals surface area contributed by atoms with Gasteiger partial charge in [-0.3, -0.25) is 0 Å². The lowest BCUT2D eigenvalue weighted by atomic mass is 10.3. The van der Waals surface area contributed by atoms with Gasteiger partial charge in [-0.2, -0.15) is 5.10 Å². The molecule has 3 aromatic rings. The van der Waals surface area contributed by atoms with Gasteiger partial charge in [0.25, 0.3) is 0 Å². The molecule has 6 heteroatoms. The SMILES string of the molecule is O=C(O)c1cnc2cc(-c3cccs3)nn2c1. The van der Waals surface area contributed by atoms with Crippen molar-refractivity contribution in [1.82, 2.24) is 14.6 Å². The summed E-state index contributed by atoms with van der Waals surface area (Å²) in [5.41, 5.74) is 1.56. The lowest BCUT2D eigenvalue weighted by Gasteiger charge is -1.94. The average Bonchev–Trinajstić information content (AvgIpc) is 2.96. The average molecular weight is 245 g/mol. The zero-order valence-corrected chi connectivity index (χ0v) is 9.39. The summed E-state index contributed by atoms with van der Waals surface area (Å²) in [5, 5.41) is 15.1. The Labute approximate surface area is 100.0 Å². The molecule has 0 atom stereocenters. The third-order valence-electron chi connectivity index (χ3n) is 2.33. The predicted molar refractivity (Wildman–Crippen MR) is 63.3 cm³/mol. The van der Waals surface area contributed by atoms with E-state index >= 15 is 0 Å². The van der Waals surface area contributed by atoms with E-state index in [2.05, 4.69) is 10.1 Å². The highest BCUT2D eigenvalue weighted by Gasteiger charge is 2.09. The van der Waals surface area contributed by atoms with Crippen LogP contribution in [-0.2, 0) is 0 Å². The van der Waals surface area contributed by atoms with Crippen LogP contribution in [0.1, 0.15) is 10.4 Å². The molecule has 0 saturated heterocycles. The molecule has 0 aliphatic carbocycles. The summed E-state index contributed by atoms with van der Waals surface area (Å²) in [6.45, 7) is 0. The quantitative estimate of drug-likeness (QED) is 0.751. The van der Waals surface area contributed by atoms with Crippen LogP contribution in [0.5, 0.6) is 0 Å². The van der Waals surface area contributed by atoms with E-state index in [1.807, 2.05) is 23.6 Å². The van der Waals surface area contributed by atoms with Crippen molar-refractivity contribution >= 4 is 23.0 Å². The Morgan fingerprint density at radius 1 is 1.47 bits per heavy atom. The maximum Gasteiger partial charge on any atom is 0.338 e. The number of nitrogens with zero attached hydrogens (tertiary/aromatic N) is 3. The number of carboxylic acid groups (broad SMARTS) is 1. The largest absolute Gasteiger partial charge is 0.478 e. The number of aromatic carboxylic acids is 1. The van der Waals surface area contributed by atoms with Crippen molar-refractivity contribution in [3.63, 3.8) is 0 Å². The third-order valence-corrected chi connectivity index (χ3v) is 3.23. The molecule has 0 unspecified atom stereocenters. The Kier molecular flexibility index (Phi) is 2.15. The van der Waals surface area contributed by atoms with Crippen LogP contribution in [0, 0.1) is 0 Å². The van der Waals surface area contributed by atoms with E-state index in [4.69, 9.17) is 5.11 Å². The fraction of sp³-hybridized carbons (Fsp3) is 0. The molecule has 0 saturated carbocycles. The van der Waals surface area contributed by atoms with Crippen LogP contribution in [0.3, 0.4) is 0 Å². The van der Waals surface area contributed by atoms with Crippen molar-refractivity contribution < 1.29 is 9.90 Å². The first-order chi connectivity index (χ1) is 8.24. The minimum atomic E-state index is -1.01. The van der Waals surface area contributed by atoms with E-state index in [0.29, 0.717) is 5.65 Å². The smallest absolute Gasteiger partial charge is 0.338 e. The second-order valence-electron chi connectivity index (χ2n) is 3.46. The molecule has 1 N–H and O–H groups in total. The Bertz CT molecular complexity index is 688. The highest BCUT2D eigenvalue weighted by molar-refractivity contribution is 7.13. The van der Waals surface area contributed by atoms with Gasteiger partial charge in [0.2, 0.25) is 0 Å². The van der Waals surface area contributed by atoms with Gasteiger partial charge >= 0.3 is 5.97 Å². The summed E-state index contributed by atoms with van der Waals surface area (Å²) < 4.78 is 1.48. The monoisotopic (exact) mass is 245 g/mol. The van der Waals surface area contributed by atoms with Crippen LogP contribution in [0.25, 0.3) is 16.2 Å². The second-order valence-corrected chi connectivity index (χ2v) is 4.41. The standard InChI is InChI=1S/C11H7N3O2S/c15-11(16)7-5-12-10-4-8(13-14(10)6-7)9-2-1-3-17-9/h1-6H,(H,15,16).